The van der Waals surface area contributed by atoms with Crippen molar-refractivity contribution in [2.75, 3.05) is 0 Å². The fourth-order valence-corrected chi connectivity index (χ4v) is 8.30. The largest absolute Gasteiger partial charge is 0.268 e. The molecule has 0 amide bonds. The molecule has 5 aromatic heterocycles. The van der Waals surface area contributed by atoms with Crippen molar-refractivity contribution in [3.05, 3.63) is 114 Å². The first kappa shape index (κ1) is 25.2. The van der Waals surface area contributed by atoms with E-state index in [1.165, 1.54) is 37.7 Å². The molecule has 0 radical (unpaired) electrons. The Morgan fingerprint density at radius 1 is 0.596 bits per heavy atom. The van der Waals surface area contributed by atoms with Crippen LogP contribution in [0.3, 0.4) is 0 Å². The van der Waals surface area contributed by atoms with Crippen LogP contribution in [0.4, 0.5) is 0 Å². The standard InChI is InChI=1S/C41H25N5O/c1-41(2,3)31-18-30-29(19-44-31)45-39-37-27-16-25(20-8-12-42-13-9-20)23-6-4-22-5-7-24-26(21-10-14-43-15-11-21)17-28(38(37)40(47)46(30)39)36-34(24)32(22)33(23)35(27)36/h4-19H,1-3H3. The van der Waals surface area contributed by atoms with Gasteiger partial charge >= 0.3 is 0 Å². The van der Waals surface area contributed by atoms with E-state index in [0.717, 1.165) is 60.5 Å². The van der Waals surface area contributed by atoms with Crippen molar-refractivity contribution in [3.8, 4) is 22.3 Å². The number of benzene rings is 5. The van der Waals surface area contributed by atoms with Crippen LogP contribution in [0.2, 0.25) is 0 Å². The van der Waals surface area contributed by atoms with Crippen LogP contribution in [-0.2, 0) is 5.41 Å². The molecular formula is C41H25N5O. The molecule has 0 atom stereocenters. The van der Waals surface area contributed by atoms with Crippen LogP contribution in [0, 0.1) is 0 Å². The molecule has 0 saturated carbocycles. The van der Waals surface area contributed by atoms with Crippen LogP contribution in [0.1, 0.15) is 26.5 Å². The highest BCUT2D eigenvalue weighted by molar-refractivity contribution is 6.50. The number of pyridine rings is 3. The summed E-state index contributed by atoms with van der Waals surface area (Å²) in [6, 6.07) is 23.8. The van der Waals surface area contributed by atoms with Crippen molar-refractivity contribution in [1.82, 2.24) is 24.3 Å². The van der Waals surface area contributed by atoms with Crippen LogP contribution >= 0.6 is 0 Å². The Bertz CT molecular complexity index is 3100. The van der Waals surface area contributed by atoms with Gasteiger partial charge in [0.05, 0.1) is 17.1 Å². The van der Waals surface area contributed by atoms with Crippen molar-refractivity contribution in [3.63, 3.8) is 0 Å². The van der Waals surface area contributed by atoms with E-state index in [2.05, 4.69) is 91.4 Å². The highest BCUT2D eigenvalue weighted by Gasteiger charge is 2.30. The van der Waals surface area contributed by atoms with E-state index in [1.54, 1.807) is 0 Å². The molecule has 0 aliphatic heterocycles. The second-order valence-electron chi connectivity index (χ2n) is 13.9. The van der Waals surface area contributed by atoms with Gasteiger partial charge in [-0.2, -0.15) is 0 Å². The lowest BCUT2D eigenvalue weighted by Crippen LogP contribution is -2.14. The summed E-state index contributed by atoms with van der Waals surface area (Å²) >= 11 is 0. The molecule has 0 aliphatic rings. The molecule has 220 valence electrons. The maximum atomic E-state index is 15.0. The maximum Gasteiger partial charge on any atom is 0.265 e. The van der Waals surface area contributed by atoms with E-state index in [4.69, 9.17) is 9.97 Å². The van der Waals surface area contributed by atoms with Gasteiger partial charge in [0, 0.05) is 41.3 Å². The van der Waals surface area contributed by atoms with E-state index in [9.17, 15) is 4.79 Å². The van der Waals surface area contributed by atoms with Crippen LogP contribution in [0.25, 0.3) is 104 Å². The Kier molecular flexibility index (Phi) is 4.41. The van der Waals surface area contributed by atoms with E-state index in [-0.39, 0.29) is 11.0 Å². The fraction of sp³-hybridized carbons (Fsp3) is 0.0976. The number of fused-ring (bicyclic) bond motifs is 7. The van der Waals surface area contributed by atoms with Gasteiger partial charge in [0.2, 0.25) is 0 Å². The quantitative estimate of drug-likeness (QED) is 0.184. The van der Waals surface area contributed by atoms with Crippen molar-refractivity contribution < 1.29 is 0 Å². The van der Waals surface area contributed by atoms with E-state index in [0.29, 0.717) is 11.0 Å². The van der Waals surface area contributed by atoms with Gasteiger partial charge in [0.25, 0.3) is 5.56 Å². The molecule has 0 N–H and O–H groups in total. The highest BCUT2D eigenvalue weighted by Crippen LogP contribution is 2.54. The van der Waals surface area contributed by atoms with Gasteiger partial charge in [-0.3, -0.25) is 24.1 Å². The third kappa shape index (κ3) is 2.99. The topological polar surface area (TPSA) is 73.0 Å². The minimum Gasteiger partial charge on any atom is -0.268 e. The van der Waals surface area contributed by atoms with Gasteiger partial charge in [-0.25, -0.2) is 4.98 Å². The second-order valence-corrected chi connectivity index (χ2v) is 13.9. The molecule has 6 nitrogen and oxygen atoms in total. The van der Waals surface area contributed by atoms with Gasteiger partial charge in [-0.05, 0) is 119 Å². The molecule has 6 aromatic carbocycles. The van der Waals surface area contributed by atoms with Gasteiger partial charge in [0.15, 0.2) is 0 Å². The summed E-state index contributed by atoms with van der Waals surface area (Å²) in [4.78, 5) is 33.5. The first-order valence-electron chi connectivity index (χ1n) is 15.9. The van der Waals surface area contributed by atoms with Crippen LogP contribution in [0.15, 0.2) is 103 Å². The number of imidazole rings is 1. The molecule has 0 bridgehead atoms. The smallest absolute Gasteiger partial charge is 0.265 e. The zero-order valence-electron chi connectivity index (χ0n) is 25.9. The van der Waals surface area contributed by atoms with Gasteiger partial charge < -0.3 is 0 Å². The van der Waals surface area contributed by atoms with Crippen molar-refractivity contribution in [2.45, 2.75) is 26.2 Å². The predicted octanol–water partition coefficient (Wildman–Crippen LogP) is 9.33. The molecule has 0 saturated heterocycles. The summed E-state index contributed by atoms with van der Waals surface area (Å²) < 4.78 is 1.83. The SMILES string of the molecule is CC(C)(C)c1cc2c(cn1)nc1c3c4cc(-c5ccncc5)c5ccc6ccc7c(-c8ccncc8)cc(c3c(=O)n21)c1c7c6c5c41. The van der Waals surface area contributed by atoms with Crippen LogP contribution in [0.5, 0.6) is 0 Å². The molecule has 47 heavy (non-hydrogen) atoms. The van der Waals surface area contributed by atoms with Crippen LogP contribution in [-0.4, -0.2) is 24.3 Å². The Morgan fingerprint density at radius 2 is 1.15 bits per heavy atom. The minimum absolute atomic E-state index is 0.0424. The molecule has 11 aromatic rings. The average Bonchev–Trinajstić information content (AvgIpc) is 3.74. The van der Waals surface area contributed by atoms with Crippen molar-refractivity contribution in [2.24, 2.45) is 0 Å². The molecule has 0 spiro atoms. The normalized spacial score (nSPS) is 13.1. The highest BCUT2D eigenvalue weighted by atomic mass is 16.1. The number of rotatable bonds is 2. The summed E-state index contributed by atoms with van der Waals surface area (Å²) in [5.41, 5.74) is 7.30. The third-order valence-corrected chi connectivity index (χ3v) is 10.4. The molecule has 6 heteroatoms. The van der Waals surface area contributed by atoms with Crippen molar-refractivity contribution in [1.29, 1.82) is 0 Å². The first-order valence-corrected chi connectivity index (χ1v) is 15.9. The molecule has 5 heterocycles. The van der Waals surface area contributed by atoms with E-state index >= 15 is 0 Å². The number of hydrogen-bond donors (Lipinski definition) is 0. The summed E-state index contributed by atoms with van der Waals surface area (Å²) in [5.74, 6) is 0. The molecule has 0 aliphatic carbocycles. The Hall–Kier alpha value is -6.01. The summed E-state index contributed by atoms with van der Waals surface area (Å²) in [6.45, 7) is 6.42. The van der Waals surface area contributed by atoms with Gasteiger partial charge in [-0.15, -0.1) is 0 Å². The van der Waals surface area contributed by atoms with Crippen molar-refractivity contribution >= 4 is 81.3 Å². The third-order valence-electron chi connectivity index (χ3n) is 10.4. The molecular weight excluding hydrogens is 578 g/mol. The minimum atomic E-state index is -0.174. The average molecular weight is 604 g/mol. The maximum absolute atomic E-state index is 15.0. The Balaban J connectivity index is 1.46. The van der Waals surface area contributed by atoms with Gasteiger partial charge in [-0.1, -0.05) is 45.0 Å². The van der Waals surface area contributed by atoms with Gasteiger partial charge in [0.1, 0.15) is 11.2 Å². The zero-order valence-corrected chi connectivity index (χ0v) is 25.9. The zero-order chi connectivity index (χ0) is 31.3. The number of hydrogen-bond acceptors (Lipinski definition) is 5. The number of aromatic nitrogens is 5. The summed E-state index contributed by atoms with van der Waals surface area (Å²) in [7, 11) is 0. The summed E-state index contributed by atoms with van der Waals surface area (Å²) in [6.07, 6.45) is 9.17. The second kappa shape index (κ2) is 8.22. The first-order chi connectivity index (χ1) is 22.9. The predicted molar refractivity (Wildman–Crippen MR) is 192 cm³/mol. The summed E-state index contributed by atoms with van der Waals surface area (Å²) in [5, 5.41) is 13.3. The Morgan fingerprint density at radius 3 is 1.72 bits per heavy atom. The number of nitrogens with zero attached hydrogens (tertiary/aromatic N) is 5. The molecule has 0 unspecified atom stereocenters. The van der Waals surface area contributed by atoms with E-state index < -0.39 is 0 Å². The molecule has 11 rings (SSSR count). The lowest BCUT2D eigenvalue weighted by molar-refractivity contribution is 0.570. The van der Waals surface area contributed by atoms with E-state index in [1.807, 2.05) is 41.5 Å². The molecule has 0 fully saturated rings. The van der Waals surface area contributed by atoms with Crippen LogP contribution < -0.4 is 5.56 Å². The lowest BCUT2D eigenvalue weighted by atomic mass is 9.89. The Labute approximate surface area is 267 Å². The fourth-order valence-electron chi connectivity index (χ4n) is 8.30. The lowest BCUT2D eigenvalue weighted by Gasteiger charge is -2.17. The monoisotopic (exact) mass is 603 g/mol.